The van der Waals surface area contributed by atoms with E-state index >= 15 is 0 Å². The second-order valence-electron chi connectivity index (χ2n) is 9.06. The summed E-state index contributed by atoms with van der Waals surface area (Å²) in [6.07, 6.45) is 5.18. The summed E-state index contributed by atoms with van der Waals surface area (Å²) >= 11 is 0. The van der Waals surface area contributed by atoms with Gasteiger partial charge < -0.3 is 15.2 Å². The molecule has 7 nitrogen and oxygen atoms in total. The molecule has 0 bridgehead atoms. The van der Waals surface area contributed by atoms with Crippen LogP contribution in [0, 0.1) is 0 Å². The molecule has 1 heterocycles. The Morgan fingerprint density at radius 3 is 2.41 bits per heavy atom. The van der Waals surface area contributed by atoms with Crippen LogP contribution in [0.25, 0.3) is 33.8 Å². The molecule has 0 fully saturated rings. The van der Waals surface area contributed by atoms with Crippen molar-refractivity contribution in [3.05, 3.63) is 120 Å². The summed E-state index contributed by atoms with van der Waals surface area (Å²) in [5, 5.41) is 19.3. The van der Waals surface area contributed by atoms with Crippen molar-refractivity contribution in [3.8, 4) is 22.7 Å². The quantitative estimate of drug-likeness (QED) is 0.215. The largest absolute Gasteiger partial charge is 0.508 e. The molecule has 39 heavy (non-hydrogen) atoms. The maximum absolute atomic E-state index is 12.9. The van der Waals surface area contributed by atoms with Crippen LogP contribution in [0.2, 0.25) is 0 Å². The number of rotatable bonds is 8. The number of aromatic nitrogens is 2. The molecular weight excluding hydrogens is 490 g/mol. The molecule has 7 heteroatoms. The number of amides is 1. The van der Waals surface area contributed by atoms with Gasteiger partial charge in [0.2, 0.25) is 5.91 Å². The van der Waals surface area contributed by atoms with E-state index in [1.165, 1.54) is 25.3 Å². The van der Waals surface area contributed by atoms with Gasteiger partial charge in [-0.2, -0.15) is 5.10 Å². The smallest absolute Gasteiger partial charge is 0.328 e. The highest BCUT2D eigenvalue weighted by Crippen LogP contribution is 2.28. The molecule has 5 rings (SSSR count). The second kappa shape index (κ2) is 11.5. The summed E-state index contributed by atoms with van der Waals surface area (Å²) in [5.74, 6) is -0.877. The monoisotopic (exact) mass is 517 g/mol. The Morgan fingerprint density at radius 2 is 1.67 bits per heavy atom. The fraction of sp³-hybridized carbons (Fsp3) is 0.0938. The minimum atomic E-state index is -0.885. The number of ether oxygens (including phenoxy) is 1. The van der Waals surface area contributed by atoms with Crippen LogP contribution in [0.3, 0.4) is 0 Å². The van der Waals surface area contributed by atoms with Crippen LogP contribution in [0.15, 0.2) is 109 Å². The third-order valence-corrected chi connectivity index (χ3v) is 6.38. The molecule has 1 aromatic heterocycles. The molecule has 1 amide bonds. The van der Waals surface area contributed by atoms with Crippen molar-refractivity contribution in [2.45, 2.75) is 12.5 Å². The molecule has 194 valence electrons. The molecule has 2 N–H and O–H groups in total. The van der Waals surface area contributed by atoms with Gasteiger partial charge in [0.1, 0.15) is 11.8 Å². The standard InChI is InChI=1S/C32H27N3O4/c1-39-32(38)29(19-22-11-16-28(36)17-12-22)33-30(37)18-15-26-21-35(27-9-3-2-4-10-27)34-31(26)25-14-13-23-7-5-6-8-24(23)20-25/h2-18,20-21,29,36H,19H2,1H3,(H,33,37)/b18-15+/t29-/m0/s1. The molecule has 0 radical (unpaired) electrons. The predicted molar refractivity (Wildman–Crippen MR) is 151 cm³/mol. The maximum atomic E-state index is 12.9. The number of nitrogens with one attached hydrogen (secondary N) is 1. The third-order valence-electron chi connectivity index (χ3n) is 6.38. The predicted octanol–water partition coefficient (Wildman–Crippen LogP) is 5.31. The van der Waals surface area contributed by atoms with E-state index in [1.54, 1.807) is 22.9 Å². The van der Waals surface area contributed by atoms with Gasteiger partial charge in [0.25, 0.3) is 0 Å². The molecule has 0 aliphatic carbocycles. The van der Waals surface area contributed by atoms with Crippen LogP contribution in [-0.4, -0.2) is 39.9 Å². The number of fused-ring (bicyclic) bond motifs is 1. The van der Waals surface area contributed by atoms with E-state index in [0.717, 1.165) is 38.8 Å². The van der Waals surface area contributed by atoms with Crippen LogP contribution in [0.1, 0.15) is 11.1 Å². The van der Waals surface area contributed by atoms with Gasteiger partial charge in [-0.25, -0.2) is 9.48 Å². The third kappa shape index (κ3) is 6.05. The lowest BCUT2D eigenvalue weighted by molar-refractivity contribution is -0.144. The topological polar surface area (TPSA) is 93.5 Å². The SMILES string of the molecule is COC(=O)[C@H](Cc1ccc(O)cc1)NC(=O)/C=C/c1cn(-c2ccccc2)nc1-c1ccc2ccccc2c1. The van der Waals surface area contributed by atoms with E-state index in [-0.39, 0.29) is 12.2 Å². The highest BCUT2D eigenvalue weighted by Gasteiger charge is 2.21. The van der Waals surface area contributed by atoms with Crippen molar-refractivity contribution in [2.75, 3.05) is 7.11 Å². The van der Waals surface area contributed by atoms with Crippen LogP contribution in [0.5, 0.6) is 5.75 Å². The molecule has 0 saturated carbocycles. The van der Waals surface area contributed by atoms with Gasteiger partial charge in [0, 0.05) is 29.8 Å². The molecule has 1 atom stereocenters. The molecular formula is C32H27N3O4. The van der Waals surface area contributed by atoms with Gasteiger partial charge in [0.15, 0.2) is 0 Å². The molecule has 0 spiro atoms. The molecule has 0 saturated heterocycles. The van der Waals surface area contributed by atoms with E-state index in [9.17, 15) is 14.7 Å². The van der Waals surface area contributed by atoms with Gasteiger partial charge in [-0.05, 0) is 52.7 Å². The first-order valence-electron chi connectivity index (χ1n) is 12.5. The van der Waals surface area contributed by atoms with Crippen molar-refractivity contribution in [2.24, 2.45) is 0 Å². The number of benzene rings is 4. The Morgan fingerprint density at radius 1 is 0.949 bits per heavy atom. The number of hydrogen-bond donors (Lipinski definition) is 2. The zero-order valence-electron chi connectivity index (χ0n) is 21.3. The number of hydrogen-bond acceptors (Lipinski definition) is 5. The summed E-state index contributed by atoms with van der Waals surface area (Å²) in [5.41, 5.74) is 4.06. The first kappa shape index (κ1) is 25.5. The normalized spacial score (nSPS) is 11.9. The number of methoxy groups -OCH3 is 1. The van der Waals surface area contributed by atoms with Crippen LogP contribution >= 0.6 is 0 Å². The Kier molecular flexibility index (Phi) is 7.50. The molecule has 0 aliphatic rings. The molecule has 0 aliphatic heterocycles. The van der Waals surface area contributed by atoms with Crippen LogP contribution in [-0.2, 0) is 20.7 Å². The number of para-hydroxylation sites is 1. The lowest BCUT2D eigenvalue weighted by Crippen LogP contribution is -2.42. The number of esters is 1. The Hall–Kier alpha value is -5.17. The summed E-state index contributed by atoms with van der Waals surface area (Å²) < 4.78 is 6.68. The Labute approximate surface area is 226 Å². The minimum Gasteiger partial charge on any atom is -0.508 e. The molecule has 0 unspecified atom stereocenters. The Bertz CT molecular complexity index is 1640. The van der Waals surface area contributed by atoms with Crippen molar-refractivity contribution in [3.63, 3.8) is 0 Å². The highest BCUT2D eigenvalue weighted by atomic mass is 16.5. The second-order valence-corrected chi connectivity index (χ2v) is 9.06. The number of phenolic OH excluding ortho intramolecular Hbond substituents is 1. The van der Waals surface area contributed by atoms with Crippen molar-refractivity contribution in [1.29, 1.82) is 0 Å². The minimum absolute atomic E-state index is 0.124. The summed E-state index contributed by atoms with van der Waals surface area (Å²) in [6.45, 7) is 0. The fourth-order valence-electron chi connectivity index (χ4n) is 4.37. The zero-order valence-corrected chi connectivity index (χ0v) is 21.3. The average molecular weight is 518 g/mol. The van der Waals surface area contributed by atoms with E-state index in [2.05, 4.69) is 29.6 Å². The summed E-state index contributed by atoms with van der Waals surface area (Å²) in [7, 11) is 1.28. The Balaban J connectivity index is 1.43. The van der Waals surface area contributed by atoms with E-state index in [0.29, 0.717) is 0 Å². The van der Waals surface area contributed by atoms with Crippen LogP contribution < -0.4 is 5.32 Å². The first-order chi connectivity index (χ1) is 19.0. The van der Waals surface area contributed by atoms with Crippen molar-refractivity contribution in [1.82, 2.24) is 15.1 Å². The van der Waals surface area contributed by atoms with Gasteiger partial charge in [-0.15, -0.1) is 0 Å². The lowest BCUT2D eigenvalue weighted by Gasteiger charge is -2.15. The number of aromatic hydroxyl groups is 1. The van der Waals surface area contributed by atoms with Crippen molar-refractivity contribution >= 4 is 28.7 Å². The lowest BCUT2D eigenvalue weighted by atomic mass is 10.0. The zero-order chi connectivity index (χ0) is 27.2. The van der Waals surface area contributed by atoms with E-state index in [4.69, 9.17) is 9.84 Å². The van der Waals surface area contributed by atoms with Crippen LogP contribution in [0.4, 0.5) is 0 Å². The molecule has 5 aromatic rings. The van der Waals surface area contributed by atoms with Gasteiger partial charge in [0.05, 0.1) is 18.5 Å². The van der Waals surface area contributed by atoms with Gasteiger partial charge in [-0.1, -0.05) is 66.7 Å². The average Bonchev–Trinajstić information content (AvgIpc) is 3.41. The maximum Gasteiger partial charge on any atom is 0.328 e. The molecule has 4 aromatic carbocycles. The first-order valence-corrected chi connectivity index (χ1v) is 12.5. The van der Waals surface area contributed by atoms with Gasteiger partial charge >= 0.3 is 5.97 Å². The number of carbonyl (C=O) groups excluding carboxylic acids is 2. The number of phenols is 1. The number of carbonyl (C=O) groups is 2. The highest BCUT2D eigenvalue weighted by molar-refractivity contribution is 5.96. The number of nitrogens with zero attached hydrogens (tertiary/aromatic N) is 2. The van der Waals surface area contributed by atoms with E-state index < -0.39 is 17.9 Å². The summed E-state index contributed by atoms with van der Waals surface area (Å²) in [4.78, 5) is 25.3. The van der Waals surface area contributed by atoms with E-state index in [1.807, 2.05) is 54.7 Å². The fourth-order valence-corrected chi connectivity index (χ4v) is 4.37. The van der Waals surface area contributed by atoms with Crippen molar-refractivity contribution < 1.29 is 19.4 Å². The summed E-state index contributed by atoms with van der Waals surface area (Å²) in [6, 6.07) is 29.6. The van der Waals surface area contributed by atoms with Gasteiger partial charge in [-0.3, -0.25) is 4.79 Å².